The molecule has 0 radical (unpaired) electrons. The van der Waals surface area contributed by atoms with Crippen LogP contribution >= 0.6 is 0 Å². The summed E-state index contributed by atoms with van der Waals surface area (Å²) in [6.07, 6.45) is -0.468. The highest BCUT2D eigenvalue weighted by molar-refractivity contribution is 5.27. The number of aliphatic hydroxyl groups is 1. The van der Waals surface area contributed by atoms with Gasteiger partial charge >= 0.3 is 0 Å². The minimum atomic E-state index is -0.464. The molecule has 1 N–H and O–H groups in total. The van der Waals surface area contributed by atoms with E-state index >= 15 is 0 Å². The Bertz CT molecular complexity index is 466. The minimum absolute atomic E-state index is 0.133. The lowest BCUT2D eigenvalue weighted by Crippen LogP contribution is -2.53. The highest BCUT2D eigenvalue weighted by Gasteiger charge is 2.36. The Morgan fingerprint density at radius 1 is 1.27 bits per heavy atom. The molecule has 0 aliphatic carbocycles. The van der Waals surface area contributed by atoms with E-state index in [4.69, 9.17) is 9.47 Å². The van der Waals surface area contributed by atoms with E-state index in [1.54, 1.807) is 7.11 Å². The van der Waals surface area contributed by atoms with Gasteiger partial charge in [0.25, 0.3) is 0 Å². The summed E-state index contributed by atoms with van der Waals surface area (Å²) < 4.78 is 11.2. The van der Waals surface area contributed by atoms with Gasteiger partial charge in [0, 0.05) is 19.6 Å². The molecular formula is C18H29NO3. The summed E-state index contributed by atoms with van der Waals surface area (Å²) in [6.45, 7) is 10.7. The first-order valence-corrected chi connectivity index (χ1v) is 7.98. The Morgan fingerprint density at radius 2 is 1.91 bits per heavy atom. The van der Waals surface area contributed by atoms with Crippen LogP contribution in [-0.2, 0) is 11.3 Å². The highest BCUT2D eigenvalue weighted by atomic mass is 16.5. The average molecular weight is 307 g/mol. The fourth-order valence-corrected chi connectivity index (χ4v) is 2.93. The zero-order valence-corrected chi connectivity index (χ0v) is 14.4. The van der Waals surface area contributed by atoms with Gasteiger partial charge in [-0.2, -0.15) is 0 Å². The second-order valence-corrected chi connectivity index (χ2v) is 7.34. The molecule has 1 aliphatic rings. The van der Waals surface area contributed by atoms with E-state index < -0.39 is 6.10 Å². The monoisotopic (exact) mass is 307 g/mol. The molecule has 124 valence electrons. The molecule has 2 rings (SSSR count). The van der Waals surface area contributed by atoms with Crippen LogP contribution in [0.15, 0.2) is 24.3 Å². The third-order valence-electron chi connectivity index (χ3n) is 4.17. The number of methoxy groups -OCH3 is 1. The van der Waals surface area contributed by atoms with E-state index in [1.807, 2.05) is 32.9 Å². The summed E-state index contributed by atoms with van der Waals surface area (Å²) in [6, 6.07) is 8.16. The van der Waals surface area contributed by atoms with E-state index in [9.17, 15) is 5.11 Å². The van der Waals surface area contributed by atoms with Crippen LogP contribution in [0.3, 0.4) is 0 Å². The molecule has 0 bridgehead atoms. The van der Waals surface area contributed by atoms with Gasteiger partial charge in [-0.15, -0.1) is 0 Å². The van der Waals surface area contributed by atoms with Crippen LogP contribution in [0, 0.1) is 5.41 Å². The summed E-state index contributed by atoms with van der Waals surface area (Å²) in [5.74, 6) is 0.875. The van der Waals surface area contributed by atoms with Gasteiger partial charge in [0.15, 0.2) is 0 Å². The Labute approximate surface area is 134 Å². The predicted molar refractivity (Wildman–Crippen MR) is 88.1 cm³/mol. The lowest BCUT2D eigenvalue weighted by Gasteiger charge is -2.42. The van der Waals surface area contributed by atoms with Crippen LogP contribution in [0.1, 0.15) is 33.3 Å². The molecule has 0 aromatic heterocycles. The van der Waals surface area contributed by atoms with Crippen molar-refractivity contribution in [1.29, 1.82) is 0 Å². The Morgan fingerprint density at radius 3 is 2.45 bits per heavy atom. The van der Waals surface area contributed by atoms with Crippen LogP contribution in [0.25, 0.3) is 0 Å². The first-order chi connectivity index (χ1) is 10.3. The van der Waals surface area contributed by atoms with Crippen molar-refractivity contribution in [2.75, 3.05) is 20.2 Å². The van der Waals surface area contributed by atoms with Gasteiger partial charge in [0.05, 0.1) is 25.4 Å². The molecule has 1 heterocycles. The molecule has 1 aliphatic heterocycles. The van der Waals surface area contributed by atoms with Gasteiger partial charge in [0.2, 0.25) is 0 Å². The Balaban J connectivity index is 2.01. The van der Waals surface area contributed by atoms with E-state index in [-0.39, 0.29) is 17.6 Å². The summed E-state index contributed by atoms with van der Waals surface area (Å²) in [4.78, 5) is 2.36. The molecule has 0 amide bonds. The molecule has 0 saturated carbocycles. The second kappa shape index (κ2) is 6.99. The van der Waals surface area contributed by atoms with Crippen molar-refractivity contribution in [2.24, 2.45) is 5.41 Å². The summed E-state index contributed by atoms with van der Waals surface area (Å²) >= 11 is 0. The van der Waals surface area contributed by atoms with Gasteiger partial charge in [-0.05, 0) is 30.0 Å². The lowest BCUT2D eigenvalue weighted by molar-refractivity contribution is -0.150. The summed E-state index contributed by atoms with van der Waals surface area (Å²) in [5.41, 5.74) is 1.08. The predicted octanol–water partition coefficient (Wildman–Crippen LogP) is 2.69. The Kier molecular flexibility index (Phi) is 5.48. The van der Waals surface area contributed by atoms with Gasteiger partial charge in [-0.1, -0.05) is 32.9 Å². The fourth-order valence-electron chi connectivity index (χ4n) is 2.93. The molecule has 4 heteroatoms. The average Bonchev–Trinajstić information content (AvgIpc) is 2.45. The molecule has 1 saturated heterocycles. The summed E-state index contributed by atoms with van der Waals surface area (Å²) in [7, 11) is 1.68. The summed E-state index contributed by atoms with van der Waals surface area (Å²) in [5, 5.41) is 10.5. The minimum Gasteiger partial charge on any atom is -0.497 e. The SMILES string of the molecule is COc1ccc(CN2C[C@@H](C)O[C@@H](C(O)C(C)(C)C)C2)cc1. The van der Waals surface area contributed by atoms with Crippen molar-refractivity contribution < 1.29 is 14.6 Å². The Hall–Kier alpha value is -1.10. The van der Waals surface area contributed by atoms with Crippen LogP contribution in [0.5, 0.6) is 5.75 Å². The van der Waals surface area contributed by atoms with Crippen LogP contribution in [0.4, 0.5) is 0 Å². The standard InChI is InChI=1S/C18H29NO3/c1-13-10-19(11-14-6-8-15(21-5)9-7-14)12-16(22-13)17(20)18(2,3)4/h6-9,13,16-17,20H,10-12H2,1-5H3/t13-,16-,17?/m1/s1. The topological polar surface area (TPSA) is 41.9 Å². The number of hydrogen-bond donors (Lipinski definition) is 1. The van der Waals surface area contributed by atoms with E-state index in [1.165, 1.54) is 5.56 Å². The first kappa shape index (κ1) is 17.3. The second-order valence-electron chi connectivity index (χ2n) is 7.34. The van der Waals surface area contributed by atoms with E-state index in [0.29, 0.717) is 0 Å². The van der Waals surface area contributed by atoms with Gasteiger partial charge in [-0.3, -0.25) is 4.90 Å². The smallest absolute Gasteiger partial charge is 0.118 e. The maximum Gasteiger partial charge on any atom is 0.118 e. The number of ether oxygens (including phenoxy) is 2. The van der Waals surface area contributed by atoms with Crippen molar-refractivity contribution >= 4 is 0 Å². The number of aliphatic hydroxyl groups excluding tert-OH is 1. The van der Waals surface area contributed by atoms with Crippen molar-refractivity contribution in [2.45, 2.75) is 52.6 Å². The highest BCUT2D eigenvalue weighted by Crippen LogP contribution is 2.27. The van der Waals surface area contributed by atoms with Gasteiger partial charge in [-0.25, -0.2) is 0 Å². The van der Waals surface area contributed by atoms with Crippen molar-refractivity contribution in [3.8, 4) is 5.75 Å². The van der Waals surface area contributed by atoms with Gasteiger partial charge in [0.1, 0.15) is 5.75 Å². The number of morpholine rings is 1. The molecular weight excluding hydrogens is 278 g/mol. The van der Waals surface area contributed by atoms with E-state index in [2.05, 4.69) is 24.0 Å². The molecule has 1 aromatic carbocycles. The number of rotatable bonds is 4. The number of hydrogen-bond acceptors (Lipinski definition) is 4. The lowest BCUT2D eigenvalue weighted by atomic mass is 9.85. The van der Waals surface area contributed by atoms with Crippen LogP contribution in [0.2, 0.25) is 0 Å². The third-order valence-corrected chi connectivity index (χ3v) is 4.17. The normalized spacial score (nSPS) is 25.0. The number of nitrogens with zero attached hydrogens (tertiary/aromatic N) is 1. The first-order valence-electron chi connectivity index (χ1n) is 7.98. The number of benzene rings is 1. The molecule has 22 heavy (non-hydrogen) atoms. The van der Waals surface area contributed by atoms with Gasteiger partial charge < -0.3 is 14.6 Å². The van der Waals surface area contributed by atoms with Crippen molar-refractivity contribution in [1.82, 2.24) is 4.90 Å². The van der Waals surface area contributed by atoms with E-state index in [0.717, 1.165) is 25.4 Å². The van der Waals surface area contributed by atoms with Crippen LogP contribution < -0.4 is 4.74 Å². The van der Waals surface area contributed by atoms with Crippen molar-refractivity contribution in [3.63, 3.8) is 0 Å². The maximum absolute atomic E-state index is 10.5. The molecule has 1 aromatic rings. The fraction of sp³-hybridized carbons (Fsp3) is 0.667. The van der Waals surface area contributed by atoms with Crippen LogP contribution in [-0.4, -0.2) is 48.5 Å². The zero-order chi connectivity index (χ0) is 16.3. The molecule has 1 unspecified atom stereocenters. The quantitative estimate of drug-likeness (QED) is 0.928. The third kappa shape index (κ3) is 4.45. The maximum atomic E-state index is 10.5. The molecule has 1 fully saturated rings. The van der Waals surface area contributed by atoms with Crippen molar-refractivity contribution in [3.05, 3.63) is 29.8 Å². The largest absolute Gasteiger partial charge is 0.497 e. The molecule has 3 atom stereocenters. The molecule has 4 nitrogen and oxygen atoms in total. The molecule has 0 spiro atoms. The zero-order valence-electron chi connectivity index (χ0n) is 14.4.